The number of hydrogen-bond acceptors (Lipinski definition) is 6. The third kappa shape index (κ3) is 6.24. The number of non-ortho nitro benzene ring substituents is 1. The number of nitro groups is 1. The summed E-state index contributed by atoms with van der Waals surface area (Å²) in [6.07, 6.45) is 3.47. The second-order valence-electron chi connectivity index (χ2n) is 8.25. The van der Waals surface area contributed by atoms with Crippen molar-refractivity contribution < 1.29 is 14.5 Å². The number of amides is 2. The zero-order valence-corrected chi connectivity index (χ0v) is 20.3. The second-order valence-corrected chi connectivity index (χ2v) is 9.07. The molecule has 1 atom stereocenters. The number of hydrogen-bond donors (Lipinski definition) is 2. The number of carbonyl (C=O) groups excluding carboxylic acids is 2. The summed E-state index contributed by atoms with van der Waals surface area (Å²) in [6.45, 7) is 5.27. The fourth-order valence-corrected chi connectivity index (χ4v) is 3.93. The molecule has 0 aliphatic carbocycles. The van der Waals surface area contributed by atoms with Crippen LogP contribution in [0.25, 0.3) is 0 Å². The van der Waals surface area contributed by atoms with Gasteiger partial charge in [0.25, 0.3) is 17.5 Å². The molecule has 1 aliphatic rings. The van der Waals surface area contributed by atoms with E-state index in [0.29, 0.717) is 10.6 Å². The maximum Gasteiger partial charge on any atom is 0.270 e. The van der Waals surface area contributed by atoms with Crippen molar-refractivity contribution in [3.05, 3.63) is 67.7 Å². The summed E-state index contributed by atoms with van der Waals surface area (Å²) >= 11 is 11.9. The van der Waals surface area contributed by atoms with Crippen LogP contribution in [0.1, 0.15) is 42.6 Å². The van der Waals surface area contributed by atoms with Gasteiger partial charge in [0.15, 0.2) is 0 Å². The summed E-state index contributed by atoms with van der Waals surface area (Å²) in [5, 5.41) is 18.5. The van der Waals surface area contributed by atoms with Crippen LogP contribution in [0.2, 0.25) is 10.0 Å². The summed E-state index contributed by atoms with van der Waals surface area (Å²) in [6, 6.07) is 8.15. The Balaban J connectivity index is 1.73. The maximum absolute atomic E-state index is 12.8. The van der Waals surface area contributed by atoms with Crippen molar-refractivity contribution in [2.45, 2.75) is 32.7 Å². The lowest BCUT2D eigenvalue weighted by molar-refractivity contribution is -0.384. The van der Waals surface area contributed by atoms with E-state index in [0.717, 1.165) is 31.6 Å². The predicted molar refractivity (Wildman–Crippen MR) is 133 cm³/mol. The highest BCUT2D eigenvalue weighted by atomic mass is 35.5. The molecule has 2 amide bonds. The molecule has 2 aromatic carbocycles. The molecule has 2 aromatic rings. The van der Waals surface area contributed by atoms with E-state index in [1.807, 2.05) is 0 Å². The van der Waals surface area contributed by atoms with Gasteiger partial charge in [0.1, 0.15) is 6.04 Å². The molecule has 1 fully saturated rings. The molecule has 0 spiro atoms. The summed E-state index contributed by atoms with van der Waals surface area (Å²) in [7, 11) is 0. The first-order chi connectivity index (χ1) is 16.2. The summed E-state index contributed by atoms with van der Waals surface area (Å²) < 4.78 is 0. The molecule has 1 unspecified atom stereocenters. The average molecular weight is 506 g/mol. The van der Waals surface area contributed by atoms with Crippen molar-refractivity contribution in [2.75, 3.05) is 18.0 Å². The number of nitrogens with one attached hydrogen (secondary N) is 2. The maximum atomic E-state index is 12.8. The Morgan fingerprint density at radius 2 is 1.82 bits per heavy atom. The zero-order valence-electron chi connectivity index (χ0n) is 18.8. The number of nitrogens with zero attached hydrogens (tertiary/aromatic N) is 3. The summed E-state index contributed by atoms with van der Waals surface area (Å²) in [5.41, 5.74) is 3.98. The highest BCUT2D eigenvalue weighted by Gasteiger charge is 2.25. The van der Waals surface area contributed by atoms with Crippen molar-refractivity contribution >= 4 is 52.6 Å². The van der Waals surface area contributed by atoms with Crippen LogP contribution in [0.5, 0.6) is 0 Å². The molecule has 3 rings (SSSR count). The van der Waals surface area contributed by atoms with Crippen LogP contribution >= 0.6 is 23.2 Å². The van der Waals surface area contributed by atoms with E-state index in [2.05, 4.69) is 20.7 Å². The van der Waals surface area contributed by atoms with Gasteiger partial charge in [0.05, 0.1) is 21.2 Å². The molecule has 0 radical (unpaired) electrons. The van der Waals surface area contributed by atoms with Crippen molar-refractivity contribution in [2.24, 2.45) is 11.0 Å². The normalized spacial score (nSPS) is 14.4. The van der Waals surface area contributed by atoms with E-state index < -0.39 is 22.8 Å². The van der Waals surface area contributed by atoms with Crippen LogP contribution in [0, 0.1) is 16.0 Å². The molecule has 0 bridgehead atoms. The lowest BCUT2D eigenvalue weighted by Gasteiger charge is -2.21. The molecule has 2 N–H and O–H groups in total. The number of nitro benzene ring substituents is 1. The van der Waals surface area contributed by atoms with Crippen molar-refractivity contribution in [1.29, 1.82) is 0 Å². The van der Waals surface area contributed by atoms with E-state index in [9.17, 15) is 19.7 Å². The molecule has 9 nitrogen and oxygen atoms in total. The number of benzene rings is 2. The molecule has 0 aromatic heterocycles. The van der Waals surface area contributed by atoms with E-state index in [4.69, 9.17) is 23.2 Å². The van der Waals surface area contributed by atoms with Gasteiger partial charge < -0.3 is 10.2 Å². The number of carbonyl (C=O) groups is 2. The van der Waals surface area contributed by atoms with Crippen LogP contribution in [0.15, 0.2) is 41.5 Å². The van der Waals surface area contributed by atoms with E-state index in [-0.39, 0.29) is 22.2 Å². The quantitative estimate of drug-likeness (QED) is 0.313. The molecular weight excluding hydrogens is 481 g/mol. The van der Waals surface area contributed by atoms with Gasteiger partial charge in [-0.15, -0.1) is 0 Å². The first kappa shape index (κ1) is 25.5. The Morgan fingerprint density at radius 3 is 2.44 bits per heavy atom. The largest absolute Gasteiger partial charge is 0.371 e. The van der Waals surface area contributed by atoms with Crippen molar-refractivity contribution in [3.8, 4) is 0 Å². The van der Waals surface area contributed by atoms with Gasteiger partial charge in [0.2, 0.25) is 0 Å². The van der Waals surface area contributed by atoms with Gasteiger partial charge in [-0.3, -0.25) is 19.7 Å². The Morgan fingerprint density at radius 1 is 1.12 bits per heavy atom. The van der Waals surface area contributed by atoms with Crippen LogP contribution in [-0.4, -0.2) is 42.1 Å². The molecule has 34 heavy (non-hydrogen) atoms. The monoisotopic (exact) mass is 505 g/mol. The van der Waals surface area contributed by atoms with Gasteiger partial charge in [-0.2, -0.15) is 5.10 Å². The lowest BCUT2D eigenvalue weighted by atomic mass is 10.0. The summed E-state index contributed by atoms with van der Waals surface area (Å²) in [4.78, 5) is 38.3. The minimum Gasteiger partial charge on any atom is -0.371 e. The zero-order chi connectivity index (χ0) is 24.8. The number of hydrazone groups is 1. The Hall–Kier alpha value is -3.17. The fourth-order valence-electron chi connectivity index (χ4n) is 3.64. The average Bonchev–Trinajstić information content (AvgIpc) is 3.33. The highest BCUT2D eigenvalue weighted by Crippen LogP contribution is 2.27. The predicted octanol–water partition coefficient (Wildman–Crippen LogP) is 4.41. The smallest absolute Gasteiger partial charge is 0.270 e. The van der Waals surface area contributed by atoms with Crippen LogP contribution in [-0.2, 0) is 4.79 Å². The molecule has 0 saturated carbocycles. The Kier molecular flexibility index (Phi) is 8.46. The number of rotatable bonds is 8. The lowest BCUT2D eigenvalue weighted by Crippen LogP contribution is -2.48. The minimum absolute atomic E-state index is 0.0651. The first-order valence-electron chi connectivity index (χ1n) is 10.8. The van der Waals surface area contributed by atoms with Gasteiger partial charge >= 0.3 is 0 Å². The first-order valence-corrected chi connectivity index (χ1v) is 11.5. The van der Waals surface area contributed by atoms with Crippen LogP contribution in [0.4, 0.5) is 11.4 Å². The third-order valence-corrected chi connectivity index (χ3v) is 6.20. The fraction of sp³-hybridized carbons (Fsp3) is 0.348. The molecule has 11 heteroatoms. The van der Waals surface area contributed by atoms with Gasteiger partial charge in [0, 0.05) is 42.0 Å². The number of halogens is 2. The molecular formula is C23H25Cl2N5O4. The van der Waals surface area contributed by atoms with E-state index >= 15 is 0 Å². The van der Waals surface area contributed by atoms with E-state index in [1.54, 1.807) is 19.9 Å². The highest BCUT2D eigenvalue weighted by molar-refractivity contribution is 6.42. The van der Waals surface area contributed by atoms with Crippen LogP contribution < -0.4 is 15.6 Å². The van der Waals surface area contributed by atoms with Gasteiger partial charge in [-0.05, 0) is 43.0 Å². The van der Waals surface area contributed by atoms with Crippen molar-refractivity contribution in [3.63, 3.8) is 0 Å². The van der Waals surface area contributed by atoms with E-state index in [1.165, 1.54) is 36.5 Å². The number of anilines is 1. The Bertz CT molecular complexity index is 1120. The van der Waals surface area contributed by atoms with Crippen molar-refractivity contribution in [1.82, 2.24) is 10.7 Å². The topological polar surface area (TPSA) is 117 Å². The molecule has 1 saturated heterocycles. The second kappa shape index (κ2) is 11.3. The summed E-state index contributed by atoms with van der Waals surface area (Å²) in [5.74, 6) is -1.24. The third-order valence-electron chi connectivity index (χ3n) is 5.46. The minimum atomic E-state index is -0.873. The van der Waals surface area contributed by atoms with Gasteiger partial charge in [-0.25, -0.2) is 5.43 Å². The Labute approximate surface area is 207 Å². The molecule has 1 aliphatic heterocycles. The molecule has 180 valence electrons. The van der Waals surface area contributed by atoms with Crippen LogP contribution in [0.3, 0.4) is 0 Å². The SMILES string of the molecule is CC(C)C(NC(=O)c1ccc(Cl)c(Cl)c1)C(=O)NN=Cc1cc([N+](=O)[O-])ccc1N1CCCC1. The standard InChI is InChI=1S/C23H25Cl2N5O4/c1-14(2)21(27-22(31)15-5-7-18(24)19(25)12-15)23(32)28-26-13-16-11-17(30(33)34)6-8-20(16)29-9-3-4-10-29/h5-8,11-14,21H,3-4,9-10H2,1-2H3,(H,27,31)(H,28,32). The van der Waals surface area contributed by atoms with Gasteiger partial charge in [-0.1, -0.05) is 37.0 Å². The molecule has 1 heterocycles.